The standard InChI is InChI=1S/C21H25ClN2S/c1-14(13-24(2)3)12-19-17-6-4-5-7-18(17)20(23-21(19)25)15-8-10-16(22)11-9-15/h4-11,14,19-20H,12-13H2,1-3H3,(H,23,25). The molecule has 0 saturated heterocycles. The lowest BCUT2D eigenvalue weighted by molar-refractivity contribution is 0.323. The minimum atomic E-state index is 0.0985. The lowest BCUT2D eigenvalue weighted by Crippen LogP contribution is -2.39. The molecule has 0 aromatic heterocycles. The fraction of sp³-hybridized carbons (Fsp3) is 0.381. The highest BCUT2D eigenvalue weighted by Crippen LogP contribution is 2.38. The van der Waals surface area contributed by atoms with Gasteiger partial charge >= 0.3 is 0 Å². The summed E-state index contributed by atoms with van der Waals surface area (Å²) in [6, 6.07) is 16.8. The van der Waals surface area contributed by atoms with Gasteiger partial charge in [0.05, 0.1) is 11.0 Å². The Morgan fingerprint density at radius 1 is 1.08 bits per heavy atom. The molecule has 0 bridgehead atoms. The Labute approximate surface area is 161 Å². The zero-order valence-corrected chi connectivity index (χ0v) is 16.6. The largest absolute Gasteiger partial charge is 0.368 e. The molecule has 4 heteroatoms. The molecular weight excluding hydrogens is 348 g/mol. The fourth-order valence-corrected chi connectivity index (χ4v) is 4.27. The third-order valence-corrected chi connectivity index (χ3v) is 5.46. The second kappa shape index (κ2) is 7.86. The topological polar surface area (TPSA) is 15.3 Å². The van der Waals surface area contributed by atoms with Crippen LogP contribution in [0.4, 0.5) is 0 Å². The Kier molecular flexibility index (Phi) is 5.78. The van der Waals surface area contributed by atoms with E-state index in [-0.39, 0.29) is 12.0 Å². The molecule has 25 heavy (non-hydrogen) atoms. The molecule has 1 N–H and O–H groups in total. The zero-order chi connectivity index (χ0) is 18.0. The molecule has 2 nitrogen and oxygen atoms in total. The predicted octanol–water partition coefficient (Wildman–Crippen LogP) is 5.03. The SMILES string of the molecule is CC(CC1C(=S)NC(c2ccc(Cl)cc2)c2ccccc21)CN(C)C. The van der Waals surface area contributed by atoms with Crippen LogP contribution in [0.1, 0.15) is 42.0 Å². The van der Waals surface area contributed by atoms with Crippen molar-refractivity contribution in [3.8, 4) is 0 Å². The number of rotatable bonds is 5. The molecule has 3 atom stereocenters. The van der Waals surface area contributed by atoms with Crippen molar-refractivity contribution in [3.05, 3.63) is 70.2 Å². The molecule has 0 aliphatic carbocycles. The third-order valence-electron chi connectivity index (χ3n) is 4.80. The van der Waals surface area contributed by atoms with E-state index in [1.807, 2.05) is 12.1 Å². The number of thiocarbonyl (C=S) groups is 1. The highest BCUT2D eigenvalue weighted by Gasteiger charge is 2.32. The number of halogens is 1. The van der Waals surface area contributed by atoms with Crippen molar-refractivity contribution in [2.24, 2.45) is 5.92 Å². The van der Waals surface area contributed by atoms with Crippen LogP contribution in [-0.2, 0) is 0 Å². The van der Waals surface area contributed by atoms with Crippen LogP contribution in [0.2, 0.25) is 5.02 Å². The molecule has 2 aromatic rings. The van der Waals surface area contributed by atoms with Gasteiger partial charge in [0.2, 0.25) is 0 Å². The quantitative estimate of drug-likeness (QED) is 0.741. The average Bonchev–Trinajstić information content (AvgIpc) is 2.57. The van der Waals surface area contributed by atoms with Crippen molar-refractivity contribution in [1.29, 1.82) is 0 Å². The lowest BCUT2D eigenvalue weighted by atomic mass is 9.80. The van der Waals surface area contributed by atoms with E-state index < -0.39 is 0 Å². The molecule has 1 heterocycles. The van der Waals surface area contributed by atoms with Gasteiger partial charge in [-0.05, 0) is 55.3 Å². The molecule has 0 saturated carbocycles. The van der Waals surface area contributed by atoms with Crippen LogP contribution < -0.4 is 5.32 Å². The minimum absolute atomic E-state index is 0.0985. The van der Waals surface area contributed by atoms with Crippen LogP contribution in [0.5, 0.6) is 0 Å². The molecule has 132 valence electrons. The molecule has 0 radical (unpaired) electrons. The number of nitrogens with one attached hydrogen (secondary N) is 1. The molecule has 1 aliphatic heterocycles. The van der Waals surface area contributed by atoms with E-state index in [4.69, 9.17) is 23.8 Å². The summed E-state index contributed by atoms with van der Waals surface area (Å²) in [6.07, 6.45) is 1.06. The zero-order valence-electron chi connectivity index (χ0n) is 15.0. The molecule has 3 unspecified atom stereocenters. The van der Waals surface area contributed by atoms with Crippen LogP contribution in [0.15, 0.2) is 48.5 Å². The van der Waals surface area contributed by atoms with Crippen molar-refractivity contribution in [1.82, 2.24) is 10.2 Å². The Morgan fingerprint density at radius 2 is 1.72 bits per heavy atom. The van der Waals surface area contributed by atoms with Crippen LogP contribution >= 0.6 is 23.8 Å². The van der Waals surface area contributed by atoms with Gasteiger partial charge in [0.25, 0.3) is 0 Å². The van der Waals surface area contributed by atoms with Crippen molar-refractivity contribution >= 4 is 28.8 Å². The number of fused-ring (bicyclic) bond motifs is 1. The van der Waals surface area contributed by atoms with Gasteiger partial charge in [-0.2, -0.15) is 0 Å². The first-order valence-corrected chi connectivity index (χ1v) is 9.53. The summed E-state index contributed by atoms with van der Waals surface area (Å²) in [7, 11) is 4.25. The van der Waals surface area contributed by atoms with E-state index >= 15 is 0 Å². The molecule has 2 aromatic carbocycles. The highest BCUT2D eigenvalue weighted by atomic mass is 35.5. The van der Waals surface area contributed by atoms with Crippen LogP contribution in [0.3, 0.4) is 0 Å². The summed E-state index contributed by atoms with van der Waals surface area (Å²) in [5.74, 6) is 0.865. The Balaban J connectivity index is 1.92. The maximum Gasteiger partial charge on any atom is 0.0836 e. The van der Waals surface area contributed by atoms with Gasteiger partial charge in [-0.25, -0.2) is 0 Å². The van der Waals surface area contributed by atoms with E-state index in [1.165, 1.54) is 16.7 Å². The Bertz CT molecular complexity index is 742. The van der Waals surface area contributed by atoms with E-state index in [0.717, 1.165) is 23.0 Å². The second-order valence-electron chi connectivity index (χ2n) is 7.28. The minimum Gasteiger partial charge on any atom is -0.368 e. The molecule has 0 amide bonds. The van der Waals surface area contributed by atoms with Crippen molar-refractivity contribution in [2.45, 2.75) is 25.3 Å². The first-order chi connectivity index (χ1) is 12.0. The Hall–Kier alpha value is -1.42. The van der Waals surface area contributed by atoms with E-state index in [2.05, 4.69) is 67.6 Å². The number of benzene rings is 2. The predicted molar refractivity (Wildman–Crippen MR) is 111 cm³/mol. The highest BCUT2D eigenvalue weighted by molar-refractivity contribution is 7.80. The number of hydrogen-bond acceptors (Lipinski definition) is 2. The first kappa shape index (κ1) is 18.4. The van der Waals surface area contributed by atoms with E-state index in [1.54, 1.807) is 0 Å². The first-order valence-electron chi connectivity index (χ1n) is 8.75. The molecular formula is C21H25ClN2S. The van der Waals surface area contributed by atoms with Gasteiger partial charge in [0.1, 0.15) is 0 Å². The van der Waals surface area contributed by atoms with Crippen molar-refractivity contribution in [3.63, 3.8) is 0 Å². The summed E-state index contributed by atoms with van der Waals surface area (Å²) < 4.78 is 0. The van der Waals surface area contributed by atoms with Crippen LogP contribution in [0.25, 0.3) is 0 Å². The Morgan fingerprint density at radius 3 is 2.36 bits per heavy atom. The van der Waals surface area contributed by atoms with Crippen molar-refractivity contribution in [2.75, 3.05) is 20.6 Å². The average molecular weight is 373 g/mol. The second-order valence-corrected chi connectivity index (χ2v) is 8.15. The molecule has 1 aliphatic rings. The van der Waals surface area contributed by atoms with Gasteiger partial charge in [0, 0.05) is 17.5 Å². The number of nitrogens with zero attached hydrogens (tertiary/aromatic N) is 1. The molecule has 3 rings (SSSR count). The summed E-state index contributed by atoms with van der Waals surface area (Å²) >= 11 is 11.8. The summed E-state index contributed by atoms with van der Waals surface area (Å²) in [6.45, 7) is 3.37. The van der Waals surface area contributed by atoms with Gasteiger partial charge < -0.3 is 10.2 Å². The van der Waals surface area contributed by atoms with Gasteiger partial charge in [-0.1, -0.05) is 67.1 Å². The van der Waals surface area contributed by atoms with E-state index in [0.29, 0.717) is 5.92 Å². The maximum atomic E-state index is 6.05. The summed E-state index contributed by atoms with van der Waals surface area (Å²) in [5.41, 5.74) is 3.87. The lowest BCUT2D eigenvalue weighted by Gasteiger charge is -2.36. The van der Waals surface area contributed by atoms with Gasteiger partial charge in [0.15, 0.2) is 0 Å². The molecule has 0 fully saturated rings. The molecule has 0 spiro atoms. The fourth-order valence-electron chi connectivity index (χ4n) is 3.81. The smallest absolute Gasteiger partial charge is 0.0836 e. The van der Waals surface area contributed by atoms with E-state index in [9.17, 15) is 0 Å². The monoisotopic (exact) mass is 372 g/mol. The summed E-state index contributed by atoms with van der Waals surface area (Å²) in [5, 5.41) is 4.35. The van der Waals surface area contributed by atoms with Gasteiger partial charge in [-0.3, -0.25) is 0 Å². The summed E-state index contributed by atoms with van der Waals surface area (Å²) in [4.78, 5) is 3.19. The van der Waals surface area contributed by atoms with Crippen LogP contribution in [-0.4, -0.2) is 30.5 Å². The number of hydrogen-bond donors (Lipinski definition) is 1. The van der Waals surface area contributed by atoms with Gasteiger partial charge in [-0.15, -0.1) is 0 Å². The third kappa shape index (κ3) is 4.22. The normalized spacial score (nSPS) is 20.9. The van der Waals surface area contributed by atoms with Crippen LogP contribution in [0, 0.1) is 5.92 Å². The maximum absolute atomic E-state index is 6.05. The van der Waals surface area contributed by atoms with Crippen molar-refractivity contribution < 1.29 is 0 Å².